The number of alkyl halides is 3. The van der Waals surface area contributed by atoms with Crippen LogP contribution in [0.2, 0.25) is 0 Å². The molecule has 2 rings (SSSR count). The summed E-state index contributed by atoms with van der Waals surface area (Å²) < 4.78 is 41.9. The van der Waals surface area contributed by atoms with E-state index in [2.05, 4.69) is 4.74 Å². The zero-order valence-electron chi connectivity index (χ0n) is 12.0. The predicted octanol–water partition coefficient (Wildman–Crippen LogP) is 1.77. The van der Waals surface area contributed by atoms with E-state index >= 15 is 0 Å². The van der Waals surface area contributed by atoms with Crippen LogP contribution in [-0.2, 0) is 20.5 Å². The van der Waals surface area contributed by atoms with E-state index in [4.69, 9.17) is 0 Å². The molecule has 23 heavy (non-hydrogen) atoms. The number of benzene rings is 1. The molecule has 1 saturated carbocycles. The fourth-order valence-electron chi connectivity index (χ4n) is 2.63. The van der Waals surface area contributed by atoms with Gasteiger partial charge < -0.3 is 9.84 Å². The molecule has 0 bridgehead atoms. The van der Waals surface area contributed by atoms with E-state index in [1.165, 1.54) is 0 Å². The largest absolute Gasteiger partial charge is 0.467 e. The van der Waals surface area contributed by atoms with Gasteiger partial charge in [0.1, 0.15) is 0 Å². The Morgan fingerprint density at radius 2 is 1.83 bits per heavy atom. The maximum absolute atomic E-state index is 12.5. The predicted molar refractivity (Wildman–Crippen MR) is 70.5 cm³/mol. The number of aliphatic hydroxyl groups is 1. The Bertz CT molecular complexity index is 650. The standard InChI is InChI=1S/C15H13F3O5/c1-23-13(21)14(22)10(6-7-11(14)19)12(20)8-2-4-9(5-3-8)15(16,17)18/h2-5,10,22H,6-7H2,1H3/t10-,14-/m1/s1. The Morgan fingerprint density at radius 1 is 1.26 bits per heavy atom. The van der Waals surface area contributed by atoms with Crippen LogP contribution in [-0.4, -0.2) is 35.4 Å². The number of ether oxygens (including phenoxy) is 1. The van der Waals surface area contributed by atoms with E-state index in [0.29, 0.717) is 0 Å². The third-order valence-electron chi connectivity index (χ3n) is 3.90. The highest BCUT2D eigenvalue weighted by atomic mass is 19.4. The Hall–Kier alpha value is -2.22. The van der Waals surface area contributed by atoms with Gasteiger partial charge in [-0.15, -0.1) is 0 Å². The first-order chi connectivity index (χ1) is 10.6. The van der Waals surface area contributed by atoms with Crippen LogP contribution in [0.25, 0.3) is 0 Å². The highest BCUT2D eigenvalue weighted by Gasteiger charge is 2.58. The summed E-state index contributed by atoms with van der Waals surface area (Å²) in [6.07, 6.45) is -4.81. The number of esters is 1. The van der Waals surface area contributed by atoms with Gasteiger partial charge in [0, 0.05) is 12.0 Å². The highest BCUT2D eigenvalue weighted by Crippen LogP contribution is 2.37. The van der Waals surface area contributed by atoms with Crippen molar-refractivity contribution in [1.82, 2.24) is 0 Å². The number of carbonyl (C=O) groups excluding carboxylic acids is 3. The van der Waals surface area contributed by atoms with Crippen molar-refractivity contribution in [2.24, 2.45) is 5.92 Å². The molecule has 5 nitrogen and oxygen atoms in total. The van der Waals surface area contributed by atoms with Crippen LogP contribution in [0.1, 0.15) is 28.8 Å². The lowest BCUT2D eigenvalue weighted by molar-refractivity contribution is -0.168. The highest BCUT2D eigenvalue weighted by molar-refractivity contribution is 6.15. The van der Waals surface area contributed by atoms with Crippen molar-refractivity contribution >= 4 is 17.5 Å². The fourth-order valence-corrected chi connectivity index (χ4v) is 2.63. The molecule has 1 aromatic rings. The number of halogens is 3. The minimum Gasteiger partial charge on any atom is -0.467 e. The van der Waals surface area contributed by atoms with Crippen LogP contribution >= 0.6 is 0 Å². The molecule has 0 amide bonds. The van der Waals surface area contributed by atoms with Crippen molar-refractivity contribution in [3.05, 3.63) is 35.4 Å². The van der Waals surface area contributed by atoms with E-state index < -0.39 is 40.8 Å². The van der Waals surface area contributed by atoms with Gasteiger partial charge in [0.2, 0.25) is 5.60 Å². The van der Waals surface area contributed by atoms with Crippen molar-refractivity contribution in [2.45, 2.75) is 24.6 Å². The van der Waals surface area contributed by atoms with E-state index in [9.17, 15) is 32.7 Å². The van der Waals surface area contributed by atoms with Crippen LogP contribution in [0.15, 0.2) is 24.3 Å². The third-order valence-corrected chi connectivity index (χ3v) is 3.90. The van der Waals surface area contributed by atoms with Gasteiger partial charge in [-0.2, -0.15) is 13.2 Å². The molecule has 0 unspecified atom stereocenters. The van der Waals surface area contributed by atoms with E-state index in [1.54, 1.807) is 0 Å². The van der Waals surface area contributed by atoms with Crippen LogP contribution in [0.5, 0.6) is 0 Å². The third kappa shape index (κ3) is 2.86. The maximum Gasteiger partial charge on any atom is 0.416 e. The number of rotatable bonds is 3. The monoisotopic (exact) mass is 330 g/mol. The normalized spacial score (nSPS) is 24.6. The molecule has 2 atom stereocenters. The molecular formula is C15H13F3O5. The van der Waals surface area contributed by atoms with Crippen LogP contribution in [0.4, 0.5) is 13.2 Å². The molecule has 1 aromatic carbocycles. The maximum atomic E-state index is 12.5. The summed E-state index contributed by atoms with van der Waals surface area (Å²) in [6, 6.07) is 3.35. The lowest BCUT2D eigenvalue weighted by Gasteiger charge is -2.24. The second-order valence-corrected chi connectivity index (χ2v) is 5.21. The van der Waals surface area contributed by atoms with Gasteiger partial charge in [0.25, 0.3) is 0 Å². The zero-order valence-corrected chi connectivity index (χ0v) is 12.0. The van der Waals surface area contributed by atoms with Gasteiger partial charge in [-0.25, -0.2) is 4.79 Å². The summed E-state index contributed by atoms with van der Waals surface area (Å²) in [7, 11) is 0.964. The zero-order chi connectivity index (χ0) is 17.4. The number of hydrogen-bond donors (Lipinski definition) is 1. The van der Waals surface area contributed by atoms with Gasteiger partial charge in [0.05, 0.1) is 18.6 Å². The summed E-state index contributed by atoms with van der Waals surface area (Å²) in [6.45, 7) is 0. The molecule has 0 aromatic heterocycles. The van der Waals surface area contributed by atoms with Crippen molar-refractivity contribution < 1.29 is 37.4 Å². The minimum absolute atomic E-state index is 0.0791. The van der Waals surface area contributed by atoms with E-state index in [1.807, 2.05) is 0 Å². The van der Waals surface area contributed by atoms with Gasteiger partial charge >= 0.3 is 12.1 Å². The average Bonchev–Trinajstić information content (AvgIpc) is 2.82. The molecule has 1 aliphatic rings. The topological polar surface area (TPSA) is 80.7 Å². The molecule has 0 spiro atoms. The molecule has 1 aliphatic carbocycles. The molecule has 1 N–H and O–H groups in total. The fraction of sp³-hybridized carbons (Fsp3) is 0.400. The number of methoxy groups -OCH3 is 1. The average molecular weight is 330 g/mol. The second kappa shape index (κ2) is 5.77. The number of ketones is 2. The van der Waals surface area contributed by atoms with Gasteiger partial charge in [-0.1, -0.05) is 12.1 Å². The van der Waals surface area contributed by atoms with E-state index in [-0.39, 0.29) is 18.4 Å². The summed E-state index contributed by atoms with van der Waals surface area (Å²) in [5.41, 5.74) is -3.64. The number of hydrogen-bond acceptors (Lipinski definition) is 5. The lowest BCUT2D eigenvalue weighted by atomic mass is 9.84. The molecule has 0 heterocycles. The summed E-state index contributed by atoms with van der Waals surface area (Å²) in [5, 5.41) is 10.3. The second-order valence-electron chi connectivity index (χ2n) is 5.21. The Balaban J connectivity index is 2.33. The smallest absolute Gasteiger partial charge is 0.416 e. The molecule has 0 saturated heterocycles. The molecule has 1 fully saturated rings. The Kier molecular flexibility index (Phi) is 4.30. The molecule has 8 heteroatoms. The number of Topliss-reactive ketones (excluding diaryl/α,β-unsaturated/α-hetero) is 2. The number of carbonyl (C=O) groups is 3. The van der Waals surface area contributed by atoms with Gasteiger partial charge in [0.15, 0.2) is 11.6 Å². The molecule has 0 aliphatic heterocycles. The molecule has 0 radical (unpaired) electrons. The van der Waals surface area contributed by atoms with Crippen LogP contribution < -0.4 is 0 Å². The molecular weight excluding hydrogens is 317 g/mol. The van der Waals surface area contributed by atoms with Crippen LogP contribution in [0, 0.1) is 5.92 Å². The van der Waals surface area contributed by atoms with E-state index in [0.717, 1.165) is 31.4 Å². The minimum atomic E-state index is -4.54. The van der Waals surface area contributed by atoms with Crippen molar-refractivity contribution in [3.8, 4) is 0 Å². The first kappa shape index (κ1) is 17.1. The van der Waals surface area contributed by atoms with Crippen LogP contribution in [0.3, 0.4) is 0 Å². The van der Waals surface area contributed by atoms with Crippen molar-refractivity contribution in [1.29, 1.82) is 0 Å². The van der Waals surface area contributed by atoms with Crippen molar-refractivity contribution in [2.75, 3.05) is 7.11 Å². The summed E-state index contributed by atoms with van der Waals surface area (Å²) in [4.78, 5) is 35.8. The van der Waals surface area contributed by atoms with Gasteiger partial charge in [-0.05, 0) is 18.6 Å². The lowest BCUT2D eigenvalue weighted by Crippen LogP contribution is -2.51. The van der Waals surface area contributed by atoms with Crippen molar-refractivity contribution in [3.63, 3.8) is 0 Å². The SMILES string of the molecule is COC(=O)[C@]1(O)C(=O)CC[C@@H]1C(=O)c1ccc(C(F)(F)F)cc1. The first-order valence-electron chi connectivity index (χ1n) is 6.68. The summed E-state index contributed by atoms with van der Waals surface area (Å²) >= 11 is 0. The van der Waals surface area contributed by atoms with Gasteiger partial charge in [-0.3, -0.25) is 9.59 Å². The summed E-state index contributed by atoms with van der Waals surface area (Å²) in [5.74, 6) is -4.24. The quantitative estimate of drug-likeness (QED) is 0.519. The molecule has 124 valence electrons. The Morgan fingerprint density at radius 3 is 2.30 bits per heavy atom. The Labute approximate surface area is 129 Å². The first-order valence-corrected chi connectivity index (χ1v) is 6.68.